The fourth-order valence-corrected chi connectivity index (χ4v) is 2.62. The summed E-state index contributed by atoms with van der Waals surface area (Å²) >= 11 is 0. The third kappa shape index (κ3) is 3.34. The zero-order chi connectivity index (χ0) is 16.2. The molecule has 0 radical (unpaired) electrons. The van der Waals surface area contributed by atoms with Gasteiger partial charge in [-0.2, -0.15) is 0 Å². The van der Waals surface area contributed by atoms with Gasteiger partial charge in [-0.15, -0.1) is 0 Å². The van der Waals surface area contributed by atoms with E-state index in [2.05, 4.69) is 10.6 Å². The molecule has 2 aromatic rings. The van der Waals surface area contributed by atoms with E-state index in [4.69, 9.17) is 4.74 Å². The molecule has 1 unspecified atom stereocenters. The quantitative estimate of drug-likeness (QED) is 0.911. The van der Waals surface area contributed by atoms with Crippen LogP contribution in [0.3, 0.4) is 0 Å². The molecule has 1 aliphatic heterocycles. The van der Waals surface area contributed by atoms with E-state index in [1.165, 1.54) is 0 Å². The monoisotopic (exact) mass is 310 g/mol. The largest absolute Gasteiger partial charge is 0.494 e. The Morgan fingerprint density at radius 3 is 2.70 bits per heavy atom. The minimum Gasteiger partial charge on any atom is -0.494 e. The second-order valence-corrected chi connectivity index (χ2v) is 5.33. The maximum Gasteiger partial charge on any atom is 0.252 e. The number of ether oxygens (including phenoxy) is 1. The molecule has 2 N–H and O–H groups in total. The molecule has 23 heavy (non-hydrogen) atoms. The van der Waals surface area contributed by atoms with E-state index in [0.29, 0.717) is 24.3 Å². The van der Waals surface area contributed by atoms with Crippen LogP contribution >= 0.6 is 0 Å². The molecule has 5 nitrogen and oxygen atoms in total. The summed E-state index contributed by atoms with van der Waals surface area (Å²) in [6, 6.07) is 13.9. The van der Waals surface area contributed by atoms with Crippen LogP contribution in [0.4, 0.5) is 5.69 Å². The summed E-state index contributed by atoms with van der Waals surface area (Å²) in [7, 11) is 0. The molecule has 118 valence electrons. The molecule has 0 aliphatic carbocycles. The molecule has 2 amide bonds. The van der Waals surface area contributed by atoms with Crippen molar-refractivity contribution in [3.8, 4) is 5.75 Å². The smallest absolute Gasteiger partial charge is 0.252 e. The highest BCUT2D eigenvalue weighted by Crippen LogP contribution is 2.19. The number of carbonyl (C=O) groups excluding carboxylic acids is 2. The fraction of sp³-hybridized carbons (Fsp3) is 0.222. The Morgan fingerprint density at radius 1 is 1.22 bits per heavy atom. The van der Waals surface area contributed by atoms with E-state index < -0.39 is 6.04 Å². The van der Waals surface area contributed by atoms with Gasteiger partial charge in [0.05, 0.1) is 6.61 Å². The second-order valence-electron chi connectivity index (χ2n) is 5.33. The maximum absolute atomic E-state index is 12.4. The van der Waals surface area contributed by atoms with Gasteiger partial charge < -0.3 is 15.4 Å². The summed E-state index contributed by atoms with van der Waals surface area (Å²) < 4.78 is 5.37. The van der Waals surface area contributed by atoms with Crippen molar-refractivity contribution in [1.82, 2.24) is 5.32 Å². The number of hydrogen-bond acceptors (Lipinski definition) is 3. The van der Waals surface area contributed by atoms with E-state index in [0.717, 1.165) is 11.3 Å². The van der Waals surface area contributed by atoms with Crippen molar-refractivity contribution in [2.45, 2.75) is 19.4 Å². The molecule has 1 aliphatic rings. The van der Waals surface area contributed by atoms with Crippen LogP contribution in [-0.4, -0.2) is 24.5 Å². The van der Waals surface area contributed by atoms with Gasteiger partial charge in [-0.25, -0.2) is 0 Å². The van der Waals surface area contributed by atoms with Gasteiger partial charge in [0.1, 0.15) is 11.8 Å². The van der Waals surface area contributed by atoms with Gasteiger partial charge >= 0.3 is 0 Å². The number of rotatable bonds is 4. The normalized spacial score (nSPS) is 16.2. The maximum atomic E-state index is 12.4. The number of amides is 2. The molecular formula is C18H18N2O3. The van der Waals surface area contributed by atoms with Crippen molar-refractivity contribution in [3.05, 3.63) is 59.7 Å². The number of hydrogen-bond donors (Lipinski definition) is 2. The molecule has 0 saturated carbocycles. The van der Waals surface area contributed by atoms with E-state index in [1.54, 1.807) is 30.3 Å². The predicted molar refractivity (Wildman–Crippen MR) is 87.6 cm³/mol. The number of carbonyl (C=O) groups is 2. The van der Waals surface area contributed by atoms with Gasteiger partial charge in [0.2, 0.25) is 5.91 Å². The van der Waals surface area contributed by atoms with Crippen LogP contribution in [0.2, 0.25) is 0 Å². The standard InChI is InChI=1S/C18H18N2O3/c1-2-23-14-9-7-13(8-10-14)19-18(22)16-11-12-5-3-4-6-15(12)17(21)20-16/h3-10,16H,2,11H2,1H3,(H,19,22)(H,20,21). The van der Waals surface area contributed by atoms with Crippen molar-refractivity contribution in [2.24, 2.45) is 0 Å². The van der Waals surface area contributed by atoms with Crippen molar-refractivity contribution >= 4 is 17.5 Å². The summed E-state index contributed by atoms with van der Waals surface area (Å²) in [6.45, 7) is 2.51. The third-order valence-electron chi connectivity index (χ3n) is 3.74. The van der Waals surface area contributed by atoms with Crippen LogP contribution in [-0.2, 0) is 11.2 Å². The second kappa shape index (κ2) is 6.52. The summed E-state index contributed by atoms with van der Waals surface area (Å²) in [5.41, 5.74) is 2.20. The average Bonchev–Trinajstić information content (AvgIpc) is 2.57. The first-order valence-electron chi connectivity index (χ1n) is 7.60. The molecule has 2 aromatic carbocycles. The van der Waals surface area contributed by atoms with Crippen LogP contribution in [0.5, 0.6) is 5.75 Å². The minimum absolute atomic E-state index is 0.210. The van der Waals surface area contributed by atoms with Crippen LogP contribution in [0.1, 0.15) is 22.8 Å². The molecular weight excluding hydrogens is 292 g/mol. The first-order chi connectivity index (χ1) is 11.2. The van der Waals surface area contributed by atoms with Crippen LogP contribution in [0.15, 0.2) is 48.5 Å². The number of nitrogens with one attached hydrogen (secondary N) is 2. The Balaban J connectivity index is 1.68. The average molecular weight is 310 g/mol. The third-order valence-corrected chi connectivity index (χ3v) is 3.74. The number of anilines is 1. The van der Waals surface area contributed by atoms with E-state index in [1.807, 2.05) is 25.1 Å². The van der Waals surface area contributed by atoms with Crippen LogP contribution in [0, 0.1) is 0 Å². The highest BCUT2D eigenvalue weighted by atomic mass is 16.5. The Kier molecular flexibility index (Phi) is 4.28. The highest BCUT2D eigenvalue weighted by molar-refractivity contribution is 6.03. The highest BCUT2D eigenvalue weighted by Gasteiger charge is 2.28. The zero-order valence-corrected chi connectivity index (χ0v) is 12.8. The summed E-state index contributed by atoms with van der Waals surface area (Å²) in [6.07, 6.45) is 0.491. The summed E-state index contributed by atoms with van der Waals surface area (Å²) in [5.74, 6) is 0.320. The Hall–Kier alpha value is -2.82. The lowest BCUT2D eigenvalue weighted by Gasteiger charge is -2.24. The minimum atomic E-state index is -0.566. The predicted octanol–water partition coefficient (Wildman–Crippen LogP) is 2.38. The number of fused-ring (bicyclic) bond motifs is 1. The van der Waals surface area contributed by atoms with E-state index in [-0.39, 0.29) is 11.8 Å². The molecule has 0 aromatic heterocycles. The van der Waals surface area contributed by atoms with Gasteiger partial charge in [0.15, 0.2) is 0 Å². The first kappa shape index (κ1) is 15.1. The van der Waals surface area contributed by atoms with Gasteiger partial charge in [-0.3, -0.25) is 9.59 Å². The molecule has 1 heterocycles. The summed E-state index contributed by atoms with van der Waals surface area (Å²) in [4.78, 5) is 24.4. The van der Waals surface area contributed by atoms with E-state index in [9.17, 15) is 9.59 Å². The van der Waals surface area contributed by atoms with Crippen LogP contribution < -0.4 is 15.4 Å². The molecule has 0 spiro atoms. The lowest BCUT2D eigenvalue weighted by Crippen LogP contribution is -2.48. The Labute approximate surface area is 134 Å². The first-order valence-corrected chi connectivity index (χ1v) is 7.60. The fourth-order valence-electron chi connectivity index (χ4n) is 2.62. The van der Waals surface area contributed by atoms with Gasteiger partial charge in [0.25, 0.3) is 5.91 Å². The molecule has 5 heteroatoms. The lowest BCUT2D eigenvalue weighted by atomic mass is 9.95. The molecule has 0 bridgehead atoms. The SMILES string of the molecule is CCOc1ccc(NC(=O)C2Cc3ccccc3C(=O)N2)cc1. The van der Waals surface area contributed by atoms with E-state index >= 15 is 0 Å². The van der Waals surface area contributed by atoms with Crippen molar-refractivity contribution in [2.75, 3.05) is 11.9 Å². The molecule has 1 atom stereocenters. The van der Waals surface area contributed by atoms with Gasteiger partial charge in [-0.1, -0.05) is 18.2 Å². The summed E-state index contributed by atoms with van der Waals surface area (Å²) in [5, 5.41) is 5.57. The topological polar surface area (TPSA) is 67.4 Å². The van der Waals surface area contributed by atoms with Crippen molar-refractivity contribution < 1.29 is 14.3 Å². The van der Waals surface area contributed by atoms with Crippen molar-refractivity contribution in [1.29, 1.82) is 0 Å². The Morgan fingerprint density at radius 2 is 1.96 bits per heavy atom. The Bertz CT molecular complexity index is 725. The zero-order valence-electron chi connectivity index (χ0n) is 12.8. The van der Waals surface area contributed by atoms with Gasteiger partial charge in [-0.05, 0) is 42.8 Å². The molecule has 0 saturated heterocycles. The van der Waals surface area contributed by atoms with Crippen molar-refractivity contribution in [3.63, 3.8) is 0 Å². The molecule has 3 rings (SSSR count). The van der Waals surface area contributed by atoms with Crippen LogP contribution in [0.25, 0.3) is 0 Å². The number of benzene rings is 2. The molecule has 0 fully saturated rings. The van der Waals surface area contributed by atoms with Gasteiger partial charge in [0, 0.05) is 17.7 Å². The lowest BCUT2D eigenvalue weighted by molar-refractivity contribution is -0.118.